The molecule has 0 aliphatic carbocycles. The lowest BCUT2D eigenvalue weighted by atomic mass is 9.95. The lowest BCUT2D eigenvalue weighted by molar-refractivity contribution is -0.139. The van der Waals surface area contributed by atoms with Crippen molar-refractivity contribution in [2.45, 2.75) is 71.1 Å². The van der Waals surface area contributed by atoms with E-state index in [2.05, 4.69) is 28.6 Å². The molecule has 0 aliphatic heterocycles. The molecule has 2 amide bonds. The van der Waals surface area contributed by atoms with Gasteiger partial charge in [-0.2, -0.15) is 24.4 Å². The van der Waals surface area contributed by atoms with Crippen LogP contribution >= 0.6 is 24.4 Å². The third-order valence-corrected chi connectivity index (χ3v) is 6.52. The highest BCUT2D eigenvalue weighted by Gasteiger charge is 2.30. The maximum atomic E-state index is 13.0. The van der Waals surface area contributed by atoms with Crippen LogP contribution in [0.15, 0.2) is 0 Å². The quantitative estimate of drug-likeness (QED) is 0.188. The minimum Gasteiger partial charge on any atom is -0.480 e. The molecule has 0 aliphatic rings. The summed E-state index contributed by atoms with van der Waals surface area (Å²) in [6.07, 6.45) is 3.96. The standard InChI is InChI=1S/C20H40N4O4S2/c1-6-12(3)16(10-22-15(20(27)28)8-9-30-5)23-19(26)17(13(4)7-2)24-18(25)14(21)11-29/h12-17,22,29H,6-11,21H2,1-5H3,(H,23,26)(H,24,25)(H,27,28). The Labute approximate surface area is 190 Å². The number of hydrogen-bond donors (Lipinski definition) is 6. The van der Waals surface area contributed by atoms with Crippen LogP contribution in [0.4, 0.5) is 0 Å². The fourth-order valence-electron chi connectivity index (χ4n) is 2.81. The number of nitrogens with one attached hydrogen (secondary N) is 3. The molecule has 0 rings (SSSR count). The zero-order chi connectivity index (χ0) is 23.3. The fraction of sp³-hybridized carbons (Fsp3) is 0.850. The van der Waals surface area contributed by atoms with Gasteiger partial charge in [0.2, 0.25) is 11.8 Å². The second-order valence-corrected chi connectivity index (χ2v) is 9.09. The van der Waals surface area contributed by atoms with Crippen LogP contribution in [0.1, 0.15) is 47.0 Å². The molecule has 0 aromatic heterocycles. The predicted molar refractivity (Wildman–Crippen MR) is 127 cm³/mol. The monoisotopic (exact) mass is 464 g/mol. The number of carboxylic acid groups (broad SMARTS) is 1. The van der Waals surface area contributed by atoms with Crippen molar-refractivity contribution in [3.63, 3.8) is 0 Å². The highest BCUT2D eigenvalue weighted by atomic mass is 32.2. The maximum absolute atomic E-state index is 13.0. The van der Waals surface area contributed by atoms with Crippen LogP contribution in [0.2, 0.25) is 0 Å². The molecular weight excluding hydrogens is 424 g/mol. The van der Waals surface area contributed by atoms with Gasteiger partial charge in [-0.3, -0.25) is 14.4 Å². The van der Waals surface area contributed by atoms with Crippen molar-refractivity contribution in [1.29, 1.82) is 0 Å². The summed E-state index contributed by atoms with van der Waals surface area (Å²) in [6, 6.07) is -2.43. The van der Waals surface area contributed by atoms with Crippen molar-refractivity contribution in [3.8, 4) is 0 Å². The summed E-state index contributed by atoms with van der Waals surface area (Å²) in [7, 11) is 0. The molecule has 8 nitrogen and oxygen atoms in total. The van der Waals surface area contributed by atoms with Crippen molar-refractivity contribution >= 4 is 42.2 Å². The van der Waals surface area contributed by atoms with Crippen LogP contribution in [0.3, 0.4) is 0 Å². The first-order chi connectivity index (χ1) is 14.1. The first-order valence-corrected chi connectivity index (χ1v) is 12.6. The minimum absolute atomic E-state index is 0.0834. The molecule has 0 fully saturated rings. The highest BCUT2D eigenvalue weighted by molar-refractivity contribution is 7.98. The van der Waals surface area contributed by atoms with E-state index in [9.17, 15) is 19.5 Å². The summed E-state index contributed by atoms with van der Waals surface area (Å²) in [5.74, 6) is -0.628. The molecular formula is C20H40N4O4S2. The molecule has 10 heteroatoms. The van der Waals surface area contributed by atoms with E-state index in [0.717, 1.165) is 12.2 Å². The van der Waals surface area contributed by atoms with Crippen LogP contribution in [0.25, 0.3) is 0 Å². The molecule has 0 saturated heterocycles. The Balaban J connectivity index is 5.26. The third-order valence-electron chi connectivity index (χ3n) is 5.48. The molecule has 6 unspecified atom stereocenters. The normalized spacial score (nSPS) is 17.3. The molecule has 6 atom stereocenters. The largest absolute Gasteiger partial charge is 0.480 e. The number of aliphatic carboxylic acids is 1. The van der Waals surface area contributed by atoms with E-state index in [-0.39, 0.29) is 29.5 Å². The zero-order valence-electron chi connectivity index (χ0n) is 18.8. The van der Waals surface area contributed by atoms with Gasteiger partial charge < -0.3 is 26.8 Å². The van der Waals surface area contributed by atoms with Crippen molar-refractivity contribution in [2.24, 2.45) is 17.6 Å². The van der Waals surface area contributed by atoms with E-state index in [0.29, 0.717) is 19.4 Å². The Morgan fingerprint density at radius 2 is 1.67 bits per heavy atom. The van der Waals surface area contributed by atoms with E-state index < -0.39 is 30.0 Å². The van der Waals surface area contributed by atoms with Crippen LogP contribution < -0.4 is 21.7 Å². The first kappa shape index (κ1) is 29.0. The second kappa shape index (κ2) is 15.8. The van der Waals surface area contributed by atoms with Gasteiger partial charge in [0.05, 0.1) is 6.04 Å². The number of nitrogens with two attached hydrogens (primary N) is 1. The summed E-state index contributed by atoms with van der Waals surface area (Å²) < 4.78 is 0. The second-order valence-electron chi connectivity index (χ2n) is 7.74. The van der Waals surface area contributed by atoms with Gasteiger partial charge in [-0.25, -0.2) is 0 Å². The first-order valence-electron chi connectivity index (χ1n) is 10.5. The van der Waals surface area contributed by atoms with Crippen molar-refractivity contribution in [3.05, 3.63) is 0 Å². The number of carbonyl (C=O) groups excluding carboxylic acids is 2. The maximum Gasteiger partial charge on any atom is 0.320 e. The Hall–Kier alpha value is -0.970. The Morgan fingerprint density at radius 3 is 2.13 bits per heavy atom. The van der Waals surface area contributed by atoms with Crippen LogP contribution in [-0.2, 0) is 14.4 Å². The van der Waals surface area contributed by atoms with Crippen molar-refractivity contribution < 1.29 is 19.5 Å². The highest BCUT2D eigenvalue weighted by Crippen LogP contribution is 2.12. The molecule has 0 spiro atoms. The number of amides is 2. The topological polar surface area (TPSA) is 134 Å². The smallest absolute Gasteiger partial charge is 0.320 e. The van der Waals surface area contributed by atoms with Gasteiger partial charge in [0.1, 0.15) is 12.1 Å². The van der Waals surface area contributed by atoms with E-state index >= 15 is 0 Å². The third kappa shape index (κ3) is 10.4. The Kier molecular flexibility index (Phi) is 15.3. The van der Waals surface area contributed by atoms with Crippen LogP contribution in [0.5, 0.6) is 0 Å². The van der Waals surface area contributed by atoms with Gasteiger partial charge in [-0.1, -0.05) is 40.5 Å². The number of thioether (sulfide) groups is 1. The SMILES string of the molecule is CCC(C)C(CNC(CCSC)C(=O)O)NC(=O)C(NC(=O)C(N)CS)C(C)CC. The molecule has 0 radical (unpaired) electrons. The summed E-state index contributed by atoms with van der Waals surface area (Å²) in [4.78, 5) is 36.8. The summed E-state index contributed by atoms with van der Waals surface area (Å²) in [5, 5.41) is 18.3. The van der Waals surface area contributed by atoms with E-state index in [1.165, 1.54) is 0 Å². The van der Waals surface area contributed by atoms with Gasteiger partial charge in [0.15, 0.2) is 0 Å². The zero-order valence-corrected chi connectivity index (χ0v) is 20.5. The average molecular weight is 465 g/mol. The average Bonchev–Trinajstić information content (AvgIpc) is 2.73. The number of thiol groups is 1. The van der Waals surface area contributed by atoms with Gasteiger partial charge in [0, 0.05) is 18.3 Å². The van der Waals surface area contributed by atoms with E-state index in [1.54, 1.807) is 11.8 Å². The Morgan fingerprint density at radius 1 is 1.07 bits per heavy atom. The van der Waals surface area contributed by atoms with Gasteiger partial charge >= 0.3 is 5.97 Å². The van der Waals surface area contributed by atoms with Crippen LogP contribution in [0, 0.1) is 11.8 Å². The van der Waals surface area contributed by atoms with Gasteiger partial charge in [-0.05, 0) is 30.3 Å². The minimum atomic E-state index is -0.899. The lowest BCUT2D eigenvalue weighted by Gasteiger charge is -2.30. The van der Waals surface area contributed by atoms with Crippen molar-refractivity contribution in [1.82, 2.24) is 16.0 Å². The molecule has 0 heterocycles. The molecule has 0 aromatic rings. The number of carbonyl (C=O) groups is 3. The summed E-state index contributed by atoms with van der Waals surface area (Å²) in [6.45, 7) is 8.22. The lowest BCUT2D eigenvalue weighted by Crippen LogP contribution is -2.58. The molecule has 176 valence electrons. The summed E-state index contributed by atoms with van der Waals surface area (Å²) >= 11 is 5.64. The number of hydrogen-bond acceptors (Lipinski definition) is 7. The van der Waals surface area contributed by atoms with E-state index in [4.69, 9.17) is 5.73 Å². The van der Waals surface area contributed by atoms with Crippen molar-refractivity contribution in [2.75, 3.05) is 24.3 Å². The molecule has 6 N–H and O–H groups in total. The van der Waals surface area contributed by atoms with Gasteiger partial charge in [-0.15, -0.1) is 0 Å². The molecule has 30 heavy (non-hydrogen) atoms. The number of carboxylic acids is 1. The van der Waals surface area contributed by atoms with Crippen LogP contribution in [-0.4, -0.2) is 71.4 Å². The molecule has 0 bridgehead atoms. The Bertz CT molecular complexity index is 539. The van der Waals surface area contributed by atoms with Gasteiger partial charge in [0.25, 0.3) is 0 Å². The summed E-state index contributed by atoms with van der Waals surface area (Å²) in [5.41, 5.74) is 5.74. The fourth-order valence-corrected chi connectivity index (χ4v) is 3.45. The number of rotatable bonds is 16. The van der Waals surface area contributed by atoms with E-state index in [1.807, 2.05) is 34.0 Å². The molecule has 0 aromatic carbocycles. The molecule has 0 saturated carbocycles. The predicted octanol–water partition coefficient (Wildman–Crippen LogP) is 1.10.